The number of carbonyl (C=O) groups is 2. The molecule has 110 valence electrons. The lowest BCUT2D eigenvalue weighted by molar-refractivity contribution is -0.118. The number of hydrogen-bond donors (Lipinski definition) is 1. The molecule has 0 fully saturated rings. The highest BCUT2D eigenvalue weighted by Crippen LogP contribution is 2.15. The maximum atomic E-state index is 11.8. The number of nitrogens with one attached hydrogen (secondary N) is 1. The minimum Gasteiger partial charge on any atom is -0.483 e. The summed E-state index contributed by atoms with van der Waals surface area (Å²) in [5.41, 5.74) is 1.91. The topological polar surface area (TPSA) is 79.2 Å². The molecule has 2 rings (SSSR count). The Morgan fingerprint density at radius 2 is 1.91 bits per heavy atom. The summed E-state index contributed by atoms with van der Waals surface area (Å²) in [4.78, 5) is 22.7. The van der Waals surface area contributed by atoms with Crippen molar-refractivity contribution in [2.45, 2.75) is 6.42 Å². The van der Waals surface area contributed by atoms with E-state index in [1.54, 1.807) is 48.5 Å². The van der Waals surface area contributed by atoms with Gasteiger partial charge in [0.2, 0.25) is 0 Å². The SMILES string of the molecule is N#CCc1ccc(NC(=O)COc2ccccc2C=O)cc1. The van der Waals surface area contributed by atoms with Crippen LogP contribution < -0.4 is 10.1 Å². The summed E-state index contributed by atoms with van der Waals surface area (Å²) in [6.45, 7) is -0.190. The number of carbonyl (C=O) groups excluding carboxylic acids is 2. The van der Waals surface area contributed by atoms with Crippen LogP contribution in [0.25, 0.3) is 0 Å². The first-order chi connectivity index (χ1) is 10.7. The van der Waals surface area contributed by atoms with Gasteiger partial charge in [-0.05, 0) is 29.8 Å². The van der Waals surface area contributed by atoms with Gasteiger partial charge in [-0.2, -0.15) is 5.26 Å². The molecule has 0 aliphatic heterocycles. The van der Waals surface area contributed by atoms with Gasteiger partial charge < -0.3 is 10.1 Å². The van der Waals surface area contributed by atoms with Crippen LogP contribution in [0, 0.1) is 11.3 Å². The molecule has 0 spiro atoms. The highest BCUT2D eigenvalue weighted by atomic mass is 16.5. The van der Waals surface area contributed by atoms with E-state index >= 15 is 0 Å². The van der Waals surface area contributed by atoms with Crippen LogP contribution >= 0.6 is 0 Å². The van der Waals surface area contributed by atoms with Crippen molar-refractivity contribution >= 4 is 17.9 Å². The molecule has 22 heavy (non-hydrogen) atoms. The molecule has 0 unspecified atom stereocenters. The first-order valence-electron chi connectivity index (χ1n) is 6.65. The van der Waals surface area contributed by atoms with Crippen LogP contribution in [0.5, 0.6) is 5.75 Å². The fourth-order valence-electron chi connectivity index (χ4n) is 1.85. The van der Waals surface area contributed by atoms with Gasteiger partial charge in [0.25, 0.3) is 5.91 Å². The van der Waals surface area contributed by atoms with E-state index in [-0.39, 0.29) is 12.5 Å². The van der Waals surface area contributed by atoms with Crippen LogP contribution in [0.2, 0.25) is 0 Å². The number of nitriles is 1. The molecule has 0 atom stereocenters. The Kier molecular flexibility index (Phi) is 5.27. The fourth-order valence-corrected chi connectivity index (χ4v) is 1.85. The van der Waals surface area contributed by atoms with Crippen molar-refractivity contribution in [2.24, 2.45) is 0 Å². The van der Waals surface area contributed by atoms with Crippen molar-refractivity contribution in [1.82, 2.24) is 0 Å². The van der Waals surface area contributed by atoms with Crippen LogP contribution in [0.3, 0.4) is 0 Å². The molecule has 2 aromatic rings. The number of nitrogens with zero attached hydrogens (tertiary/aromatic N) is 1. The van der Waals surface area contributed by atoms with Gasteiger partial charge in [-0.15, -0.1) is 0 Å². The molecule has 5 nitrogen and oxygen atoms in total. The predicted octanol–water partition coefficient (Wildman–Crippen LogP) is 2.58. The maximum absolute atomic E-state index is 11.8. The third kappa shape index (κ3) is 4.18. The first-order valence-corrected chi connectivity index (χ1v) is 6.65. The number of ether oxygens (including phenoxy) is 1. The zero-order valence-corrected chi connectivity index (χ0v) is 11.8. The van der Waals surface area contributed by atoms with Crippen LogP contribution in [0.15, 0.2) is 48.5 Å². The molecule has 1 N–H and O–H groups in total. The quantitative estimate of drug-likeness (QED) is 0.830. The minimum atomic E-state index is -0.325. The number of hydrogen-bond acceptors (Lipinski definition) is 4. The van der Waals surface area contributed by atoms with E-state index in [1.165, 1.54) is 0 Å². The summed E-state index contributed by atoms with van der Waals surface area (Å²) in [5.74, 6) is 0.0470. The van der Waals surface area contributed by atoms with Crippen molar-refractivity contribution in [1.29, 1.82) is 5.26 Å². The molecule has 0 aliphatic rings. The molecule has 2 aromatic carbocycles. The number of anilines is 1. The predicted molar refractivity (Wildman–Crippen MR) is 81.7 cm³/mol. The zero-order valence-electron chi connectivity index (χ0n) is 11.8. The monoisotopic (exact) mass is 294 g/mol. The van der Waals surface area contributed by atoms with Crippen molar-refractivity contribution in [3.63, 3.8) is 0 Å². The molecule has 1 amide bonds. The van der Waals surface area contributed by atoms with Gasteiger partial charge in [-0.1, -0.05) is 24.3 Å². The summed E-state index contributed by atoms with van der Waals surface area (Å²) in [6.07, 6.45) is 1.01. The van der Waals surface area contributed by atoms with E-state index in [4.69, 9.17) is 10.00 Å². The van der Waals surface area contributed by atoms with Gasteiger partial charge in [-0.3, -0.25) is 9.59 Å². The van der Waals surface area contributed by atoms with Crippen molar-refractivity contribution in [3.05, 3.63) is 59.7 Å². The molecular formula is C17H14N2O3. The van der Waals surface area contributed by atoms with Gasteiger partial charge in [0, 0.05) is 5.69 Å². The van der Waals surface area contributed by atoms with Gasteiger partial charge in [0.1, 0.15) is 5.75 Å². The van der Waals surface area contributed by atoms with Gasteiger partial charge >= 0.3 is 0 Å². The maximum Gasteiger partial charge on any atom is 0.262 e. The second kappa shape index (κ2) is 7.60. The Hall–Kier alpha value is -3.13. The summed E-state index contributed by atoms with van der Waals surface area (Å²) in [7, 11) is 0. The summed E-state index contributed by atoms with van der Waals surface area (Å²) in [6, 6.07) is 15.8. The van der Waals surface area contributed by atoms with Crippen molar-refractivity contribution < 1.29 is 14.3 Å². The fraction of sp³-hybridized carbons (Fsp3) is 0.118. The molecule has 0 heterocycles. The van der Waals surface area contributed by atoms with Crippen molar-refractivity contribution in [2.75, 3.05) is 11.9 Å². The average Bonchev–Trinajstić information content (AvgIpc) is 2.55. The van der Waals surface area contributed by atoms with Crippen molar-refractivity contribution in [3.8, 4) is 11.8 Å². The Morgan fingerprint density at radius 3 is 2.59 bits per heavy atom. The van der Waals surface area contributed by atoms with Crippen LogP contribution in [-0.2, 0) is 11.2 Å². The van der Waals surface area contributed by atoms with E-state index < -0.39 is 0 Å². The lowest BCUT2D eigenvalue weighted by Crippen LogP contribution is -2.20. The Labute approximate surface area is 128 Å². The van der Waals surface area contributed by atoms with E-state index in [0.717, 1.165) is 5.56 Å². The molecule has 0 saturated heterocycles. The third-order valence-electron chi connectivity index (χ3n) is 2.93. The standard InChI is InChI=1S/C17H14N2O3/c18-10-9-13-5-7-15(8-6-13)19-17(21)12-22-16-4-2-1-3-14(16)11-20/h1-8,11H,9,12H2,(H,19,21). The van der Waals surface area contributed by atoms with Crippen LogP contribution in [0.4, 0.5) is 5.69 Å². The second-order valence-electron chi connectivity index (χ2n) is 4.52. The van der Waals surface area contributed by atoms with Gasteiger partial charge in [0.15, 0.2) is 12.9 Å². The van der Waals surface area contributed by atoms with Crippen LogP contribution in [-0.4, -0.2) is 18.8 Å². The Balaban J connectivity index is 1.90. The number of para-hydroxylation sites is 1. The van der Waals surface area contributed by atoms with E-state index in [1.807, 2.05) is 0 Å². The van der Waals surface area contributed by atoms with Gasteiger partial charge in [-0.25, -0.2) is 0 Å². The first kappa shape index (κ1) is 15.3. The highest BCUT2D eigenvalue weighted by Gasteiger charge is 2.06. The lowest BCUT2D eigenvalue weighted by atomic mass is 10.1. The van der Waals surface area contributed by atoms with E-state index in [9.17, 15) is 9.59 Å². The normalized spacial score (nSPS) is 9.59. The molecule has 0 aliphatic carbocycles. The molecular weight excluding hydrogens is 280 g/mol. The molecule has 0 saturated carbocycles. The van der Waals surface area contributed by atoms with Gasteiger partial charge in [0.05, 0.1) is 18.1 Å². The van der Waals surface area contributed by atoms with E-state index in [0.29, 0.717) is 29.7 Å². The largest absolute Gasteiger partial charge is 0.483 e. The Morgan fingerprint density at radius 1 is 1.18 bits per heavy atom. The molecule has 0 radical (unpaired) electrons. The number of rotatable bonds is 6. The number of aldehydes is 1. The molecule has 5 heteroatoms. The lowest BCUT2D eigenvalue weighted by Gasteiger charge is -2.09. The molecule has 0 bridgehead atoms. The molecule has 0 aromatic heterocycles. The highest BCUT2D eigenvalue weighted by molar-refractivity contribution is 5.92. The second-order valence-corrected chi connectivity index (χ2v) is 4.52. The smallest absolute Gasteiger partial charge is 0.262 e. The number of amides is 1. The zero-order chi connectivity index (χ0) is 15.8. The summed E-state index contributed by atoms with van der Waals surface area (Å²) in [5, 5.41) is 11.3. The number of benzene rings is 2. The average molecular weight is 294 g/mol. The summed E-state index contributed by atoms with van der Waals surface area (Å²) >= 11 is 0. The minimum absolute atomic E-state index is 0.190. The van der Waals surface area contributed by atoms with E-state index in [2.05, 4.69) is 11.4 Å². The summed E-state index contributed by atoms with van der Waals surface area (Å²) < 4.78 is 5.34. The van der Waals surface area contributed by atoms with Crippen LogP contribution in [0.1, 0.15) is 15.9 Å². The third-order valence-corrected chi connectivity index (χ3v) is 2.93. The Bertz CT molecular complexity index is 703.